The zero-order valence-corrected chi connectivity index (χ0v) is 19.4. The Labute approximate surface area is 198 Å². The fraction of sp³-hybridized carbons (Fsp3) is 0.259. The minimum atomic E-state index is -1.48. The maximum atomic E-state index is 13.5. The molecule has 0 aliphatic heterocycles. The van der Waals surface area contributed by atoms with Gasteiger partial charge in [0.1, 0.15) is 18.5 Å². The van der Waals surface area contributed by atoms with Gasteiger partial charge in [0.25, 0.3) is 0 Å². The zero-order chi connectivity index (χ0) is 24.5. The van der Waals surface area contributed by atoms with Crippen LogP contribution in [0.15, 0.2) is 72.8 Å². The number of hydrogen-bond donors (Lipinski definition) is 1. The highest BCUT2D eigenvalue weighted by Crippen LogP contribution is 2.33. The van der Waals surface area contributed by atoms with Gasteiger partial charge in [-0.3, -0.25) is 9.59 Å². The van der Waals surface area contributed by atoms with Crippen LogP contribution in [0.3, 0.4) is 0 Å². The Hall–Kier alpha value is -3.84. The summed E-state index contributed by atoms with van der Waals surface area (Å²) in [5.41, 5.74) is 1.47. The molecule has 7 nitrogen and oxygen atoms in total. The van der Waals surface area contributed by atoms with E-state index in [0.29, 0.717) is 22.8 Å². The molecule has 0 bridgehead atoms. The van der Waals surface area contributed by atoms with Crippen molar-refractivity contribution < 1.29 is 33.6 Å². The third-order valence-electron chi connectivity index (χ3n) is 5.23. The predicted octanol–water partition coefficient (Wildman–Crippen LogP) is 4.52. The fourth-order valence-electron chi connectivity index (χ4n) is 3.38. The highest BCUT2D eigenvalue weighted by Gasteiger charge is 2.34. The summed E-state index contributed by atoms with van der Waals surface area (Å²) in [7, 11) is 2.96. The normalized spacial score (nSPS) is 12.4. The summed E-state index contributed by atoms with van der Waals surface area (Å²) in [4.78, 5) is 25.7. The summed E-state index contributed by atoms with van der Waals surface area (Å²) < 4.78 is 21.8. The van der Waals surface area contributed by atoms with E-state index in [1.54, 1.807) is 49.4 Å². The molecule has 34 heavy (non-hydrogen) atoms. The van der Waals surface area contributed by atoms with E-state index in [4.69, 9.17) is 18.9 Å². The molecule has 0 saturated carbocycles. The molecule has 0 saturated heterocycles. The molecular formula is C27H28O7. The third-order valence-corrected chi connectivity index (χ3v) is 5.23. The molecule has 7 heteroatoms. The van der Waals surface area contributed by atoms with Gasteiger partial charge in [-0.05, 0) is 35.4 Å². The van der Waals surface area contributed by atoms with Crippen molar-refractivity contribution in [2.75, 3.05) is 14.2 Å². The molecular weight excluding hydrogens is 436 g/mol. The third kappa shape index (κ3) is 5.94. The van der Waals surface area contributed by atoms with Crippen LogP contribution in [0.4, 0.5) is 0 Å². The van der Waals surface area contributed by atoms with Gasteiger partial charge in [-0.15, -0.1) is 0 Å². The zero-order valence-electron chi connectivity index (χ0n) is 19.4. The first-order chi connectivity index (χ1) is 16.5. The van der Waals surface area contributed by atoms with Gasteiger partial charge in [-0.2, -0.15) is 0 Å². The summed E-state index contributed by atoms with van der Waals surface area (Å²) in [6.07, 6.45) is -2.87. The number of aliphatic hydroxyl groups excluding tert-OH is 1. The molecule has 0 radical (unpaired) electrons. The Morgan fingerprint density at radius 2 is 1.53 bits per heavy atom. The van der Waals surface area contributed by atoms with Crippen molar-refractivity contribution in [1.29, 1.82) is 0 Å². The van der Waals surface area contributed by atoms with Gasteiger partial charge in [-0.1, -0.05) is 55.5 Å². The van der Waals surface area contributed by atoms with Crippen LogP contribution in [0.1, 0.15) is 40.9 Å². The number of Topliss-reactive ketones (excluding diaryl/α,β-unsaturated/α-hetero) is 1. The summed E-state index contributed by atoms with van der Waals surface area (Å²) in [6, 6.07) is 20.9. The molecule has 0 amide bonds. The number of carbonyl (C=O) groups is 2. The molecule has 1 N–H and O–H groups in total. The predicted molar refractivity (Wildman–Crippen MR) is 126 cm³/mol. The van der Waals surface area contributed by atoms with Crippen LogP contribution < -0.4 is 14.2 Å². The summed E-state index contributed by atoms with van der Waals surface area (Å²) in [6.45, 7) is 1.87. The first-order valence-electron chi connectivity index (χ1n) is 10.9. The van der Waals surface area contributed by atoms with Gasteiger partial charge < -0.3 is 24.1 Å². The maximum Gasteiger partial charge on any atom is 0.306 e. The summed E-state index contributed by atoms with van der Waals surface area (Å²) >= 11 is 0. The van der Waals surface area contributed by atoms with E-state index in [1.807, 2.05) is 30.3 Å². The van der Waals surface area contributed by atoms with Gasteiger partial charge in [0.15, 0.2) is 17.6 Å². The van der Waals surface area contributed by atoms with Crippen molar-refractivity contribution in [2.45, 2.75) is 32.2 Å². The lowest BCUT2D eigenvalue weighted by atomic mass is 9.96. The number of ketones is 1. The molecule has 2 unspecified atom stereocenters. The van der Waals surface area contributed by atoms with Crippen LogP contribution in [-0.4, -0.2) is 37.2 Å². The molecule has 0 aliphatic rings. The Morgan fingerprint density at radius 1 is 0.853 bits per heavy atom. The number of esters is 1. The Balaban J connectivity index is 1.92. The highest BCUT2D eigenvalue weighted by atomic mass is 16.6. The van der Waals surface area contributed by atoms with Crippen LogP contribution in [0.5, 0.6) is 17.2 Å². The fourth-order valence-corrected chi connectivity index (χ4v) is 3.38. The minimum Gasteiger partial charge on any atom is -0.493 e. The molecule has 0 heterocycles. The maximum absolute atomic E-state index is 13.5. The van der Waals surface area contributed by atoms with Gasteiger partial charge >= 0.3 is 5.97 Å². The molecule has 3 rings (SSSR count). The van der Waals surface area contributed by atoms with Crippen LogP contribution in [-0.2, 0) is 16.1 Å². The number of carbonyl (C=O) groups excluding carboxylic acids is 2. The Morgan fingerprint density at radius 3 is 2.21 bits per heavy atom. The Bertz CT molecular complexity index is 1110. The number of hydrogen-bond acceptors (Lipinski definition) is 7. The molecule has 0 fully saturated rings. The molecule has 178 valence electrons. The molecule has 0 aliphatic carbocycles. The van der Waals surface area contributed by atoms with E-state index >= 15 is 0 Å². The number of rotatable bonds is 11. The van der Waals surface area contributed by atoms with Crippen LogP contribution >= 0.6 is 0 Å². The van der Waals surface area contributed by atoms with Gasteiger partial charge in [-0.25, -0.2) is 0 Å². The lowest BCUT2D eigenvalue weighted by molar-refractivity contribution is -0.151. The molecule has 3 aromatic carbocycles. The smallest absolute Gasteiger partial charge is 0.306 e. The second-order valence-corrected chi connectivity index (χ2v) is 7.46. The standard InChI is InChI=1S/C27H28O7/c1-4-24(28)34-27(25(29)19-14-15-22(31-2)23(16-19)32-3)26(30)20-12-8-9-13-21(20)33-17-18-10-6-5-7-11-18/h5-16,25,27,29H,4,17H2,1-3H3. The van der Waals surface area contributed by atoms with E-state index in [2.05, 4.69) is 0 Å². The molecule has 0 aromatic heterocycles. The molecule has 2 atom stereocenters. The van der Waals surface area contributed by atoms with Crippen molar-refractivity contribution in [1.82, 2.24) is 0 Å². The van der Waals surface area contributed by atoms with Crippen molar-refractivity contribution in [3.05, 3.63) is 89.5 Å². The van der Waals surface area contributed by atoms with Crippen molar-refractivity contribution in [2.24, 2.45) is 0 Å². The van der Waals surface area contributed by atoms with Crippen molar-refractivity contribution in [3.63, 3.8) is 0 Å². The molecule has 0 spiro atoms. The average molecular weight is 465 g/mol. The lowest BCUT2D eigenvalue weighted by Gasteiger charge is -2.24. The largest absolute Gasteiger partial charge is 0.493 e. The second kappa shape index (κ2) is 11.9. The highest BCUT2D eigenvalue weighted by molar-refractivity contribution is 6.03. The average Bonchev–Trinajstić information content (AvgIpc) is 2.89. The second-order valence-electron chi connectivity index (χ2n) is 7.46. The van der Waals surface area contributed by atoms with Crippen LogP contribution in [0, 0.1) is 0 Å². The van der Waals surface area contributed by atoms with E-state index in [9.17, 15) is 14.7 Å². The monoisotopic (exact) mass is 464 g/mol. The molecule has 3 aromatic rings. The van der Waals surface area contributed by atoms with Gasteiger partial charge in [0, 0.05) is 6.42 Å². The number of ether oxygens (including phenoxy) is 4. The van der Waals surface area contributed by atoms with E-state index in [1.165, 1.54) is 14.2 Å². The van der Waals surface area contributed by atoms with Crippen molar-refractivity contribution in [3.8, 4) is 17.2 Å². The minimum absolute atomic E-state index is 0.0502. The van der Waals surface area contributed by atoms with Crippen molar-refractivity contribution >= 4 is 11.8 Å². The topological polar surface area (TPSA) is 91.3 Å². The number of para-hydroxylation sites is 1. The van der Waals surface area contributed by atoms with Gasteiger partial charge in [0.05, 0.1) is 19.8 Å². The quantitative estimate of drug-likeness (QED) is 0.329. The summed E-state index contributed by atoms with van der Waals surface area (Å²) in [5, 5.41) is 11.1. The van der Waals surface area contributed by atoms with Crippen LogP contribution in [0.25, 0.3) is 0 Å². The first-order valence-corrected chi connectivity index (χ1v) is 10.9. The lowest BCUT2D eigenvalue weighted by Crippen LogP contribution is -2.33. The summed E-state index contributed by atoms with van der Waals surface area (Å²) in [5.74, 6) is -0.0214. The van der Waals surface area contributed by atoms with E-state index < -0.39 is 24.0 Å². The van der Waals surface area contributed by atoms with E-state index in [0.717, 1.165) is 5.56 Å². The van der Waals surface area contributed by atoms with Crippen LogP contribution in [0.2, 0.25) is 0 Å². The number of aliphatic hydroxyl groups is 1. The van der Waals surface area contributed by atoms with E-state index in [-0.39, 0.29) is 18.6 Å². The number of methoxy groups -OCH3 is 2. The first kappa shape index (κ1) is 24.8. The van der Waals surface area contributed by atoms with Gasteiger partial charge in [0.2, 0.25) is 5.78 Å². The SMILES string of the molecule is CCC(=O)OC(C(=O)c1ccccc1OCc1ccccc1)C(O)c1ccc(OC)c(OC)c1. The number of benzene rings is 3. The Kier molecular flexibility index (Phi) is 8.65.